The van der Waals surface area contributed by atoms with Gasteiger partial charge in [0.05, 0.1) is 19.8 Å². The predicted molar refractivity (Wildman–Crippen MR) is 65.3 cm³/mol. The van der Waals surface area contributed by atoms with E-state index in [9.17, 15) is 0 Å². The summed E-state index contributed by atoms with van der Waals surface area (Å²) in [4.78, 5) is 4.28. The monoisotopic (exact) mass is 246 g/mol. The van der Waals surface area contributed by atoms with Gasteiger partial charge in [0, 0.05) is 12.0 Å². The van der Waals surface area contributed by atoms with Crippen molar-refractivity contribution in [2.75, 3.05) is 13.2 Å². The van der Waals surface area contributed by atoms with Crippen molar-refractivity contribution in [2.24, 2.45) is 5.73 Å². The second kappa shape index (κ2) is 4.66. The Morgan fingerprint density at radius 3 is 2.83 bits per heavy atom. The summed E-state index contributed by atoms with van der Waals surface area (Å²) in [6.07, 6.45) is 0.891. The molecule has 1 aromatic carbocycles. The minimum absolute atomic E-state index is 0.345. The van der Waals surface area contributed by atoms with E-state index in [1.54, 1.807) is 0 Å². The molecule has 2 aromatic rings. The highest BCUT2D eigenvalue weighted by molar-refractivity contribution is 5.61. The van der Waals surface area contributed by atoms with Crippen LogP contribution in [0, 0.1) is 0 Å². The van der Waals surface area contributed by atoms with Gasteiger partial charge in [0.25, 0.3) is 0 Å². The highest BCUT2D eigenvalue weighted by Gasteiger charge is 2.13. The maximum Gasteiger partial charge on any atom is 0.181 e. The molecule has 0 saturated carbocycles. The number of fused-ring (bicyclic) bond motifs is 1. The Hall–Kier alpha value is -2.08. The van der Waals surface area contributed by atoms with Gasteiger partial charge in [-0.05, 0) is 18.2 Å². The van der Waals surface area contributed by atoms with Crippen LogP contribution in [0.15, 0.2) is 18.2 Å². The summed E-state index contributed by atoms with van der Waals surface area (Å²) >= 11 is 0. The maximum atomic E-state index is 5.63. The molecule has 0 radical (unpaired) electrons. The van der Waals surface area contributed by atoms with Crippen molar-refractivity contribution >= 4 is 0 Å². The summed E-state index contributed by atoms with van der Waals surface area (Å²) in [5, 5.41) is 6.91. The van der Waals surface area contributed by atoms with E-state index in [-0.39, 0.29) is 0 Å². The number of ether oxygens (including phenoxy) is 2. The second-order valence-electron chi connectivity index (χ2n) is 4.02. The number of nitrogens with one attached hydrogen (secondary N) is 1. The van der Waals surface area contributed by atoms with Crippen LogP contribution in [-0.4, -0.2) is 28.4 Å². The first-order chi connectivity index (χ1) is 8.86. The van der Waals surface area contributed by atoms with E-state index in [0.717, 1.165) is 23.5 Å². The van der Waals surface area contributed by atoms with E-state index in [2.05, 4.69) is 15.2 Å². The number of H-pyrrole nitrogens is 1. The van der Waals surface area contributed by atoms with Crippen molar-refractivity contribution in [3.05, 3.63) is 24.0 Å². The summed E-state index contributed by atoms with van der Waals surface area (Å²) in [6.45, 7) is 1.69. The molecule has 6 nitrogen and oxygen atoms in total. The summed E-state index contributed by atoms with van der Waals surface area (Å²) in [6, 6.07) is 5.69. The van der Waals surface area contributed by atoms with E-state index in [4.69, 9.17) is 15.2 Å². The lowest BCUT2D eigenvalue weighted by Gasteiger charge is -2.07. The maximum absolute atomic E-state index is 5.63. The van der Waals surface area contributed by atoms with Crippen molar-refractivity contribution < 1.29 is 9.47 Å². The standard InChI is InChI=1S/C12H14N4O2/c13-7-11-14-12(16-15-11)8-2-3-9-10(6-8)18-5-1-4-17-9/h2-3,6H,1,4-5,7,13H2,(H,14,15,16). The fourth-order valence-corrected chi connectivity index (χ4v) is 1.82. The molecule has 0 saturated heterocycles. The van der Waals surface area contributed by atoms with Crippen LogP contribution in [0.25, 0.3) is 11.4 Å². The van der Waals surface area contributed by atoms with Crippen LogP contribution in [0.1, 0.15) is 12.2 Å². The molecule has 1 aromatic heterocycles. The van der Waals surface area contributed by atoms with Crippen LogP contribution >= 0.6 is 0 Å². The lowest BCUT2D eigenvalue weighted by Crippen LogP contribution is -1.98. The predicted octanol–water partition coefficient (Wildman–Crippen LogP) is 1.09. The van der Waals surface area contributed by atoms with Gasteiger partial charge in [0.2, 0.25) is 0 Å². The number of aromatic amines is 1. The highest BCUT2D eigenvalue weighted by atomic mass is 16.5. The fourth-order valence-electron chi connectivity index (χ4n) is 1.82. The first-order valence-corrected chi connectivity index (χ1v) is 5.88. The van der Waals surface area contributed by atoms with Gasteiger partial charge in [0.1, 0.15) is 5.82 Å². The minimum atomic E-state index is 0.345. The van der Waals surface area contributed by atoms with Crippen LogP contribution in [0.4, 0.5) is 0 Å². The Labute approximate surface area is 104 Å². The van der Waals surface area contributed by atoms with Gasteiger partial charge < -0.3 is 15.2 Å². The van der Waals surface area contributed by atoms with Gasteiger partial charge in [-0.3, -0.25) is 5.10 Å². The van der Waals surface area contributed by atoms with E-state index in [1.165, 1.54) is 0 Å². The molecule has 6 heteroatoms. The van der Waals surface area contributed by atoms with Gasteiger partial charge >= 0.3 is 0 Å². The molecule has 1 aliphatic heterocycles. The Bertz CT molecular complexity index is 553. The van der Waals surface area contributed by atoms with E-state index < -0.39 is 0 Å². The molecule has 2 heterocycles. The van der Waals surface area contributed by atoms with Gasteiger partial charge in [0.15, 0.2) is 17.3 Å². The minimum Gasteiger partial charge on any atom is -0.490 e. The van der Waals surface area contributed by atoms with Crippen molar-refractivity contribution in [1.82, 2.24) is 15.2 Å². The van der Waals surface area contributed by atoms with E-state index in [1.807, 2.05) is 18.2 Å². The largest absolute Gasteiger partial charge is 0.490 e. The molecule has 0 amide bonds. The third-order valence-corrected chi connectivity index (χ3v) is 2.73. The van der Waals surface area contributed by atoms with E-state index >= 15 is 0 Å². The summed E-state index contributed by atoms with van der Waals surface area (Å²) in [5.41, 5.74) is 6.38. The fraction of sp³-hybridized carbons (Fsp3) is 0.333. The normalized spacial score (nSPS) is 14.3. The number of hydrogen-bond acceptors (Lipinski definition) is 5. The van der Waals surface area contributed by atoms with Crippen LogP contribution < -0.4 is 15.2 Å². The molecule has 0 unspecified atom stereocenters. The zero-order chi connectivity index (χ0) is 12.4. The lowest BCUT2D eigenvalue weighted by molar-refractivity contribution is 0.297. The molecule has 0 aliphatic carbocycles. The quantitative estimate of drug-likeness (QED) is 0.828. The third kappa shape index (κ3) is 2.02. The molecule has 18 heavy (non-hydrogen) atoms. The van der Waals surface area contributed by atoms with Crippen molar-refractivity contribution in [3.63, 3.8) is 0 Å². The number of aromatic nitrogens is 3. The van der Waals surface area contributed by atoms with E-state index in [0.29, 0.717) is 31.4 Å². The molecule has 94 valence electrons. The molecule has 0 bridgehead atoms. The zero-order valence-corrected chi connectivity index (χ0v) is 9.85. The van der Waals surface area contributed by atoms with Gasteiger partial charge in [-0.25, -0.2) is 4.98 Å². The summed E-state index contributed by atoms with van der Waals surface area (Å²) in [7, 11) is 0. The Morgan fingerprint density at radius 2 is 2.06 bits per heavy atom. The number of nitrogens with two attached hydrogens (primary N) is 1. The number of benzene rings is 1. The number of rotatable bonds is 2. The van der Waals surface area contributed by atoms with Crippen molar-refractivity contribution in [1.29, 1.82) is 0 Å². The summed E-state index contributed by atoms with van der Waals surface area (Å²) in [5.74, 6) is 2.79. The van der Waals surface area contributed by atoms with Gasteiger partial charge in [-0.1, -0.05) is 0 Å². The molecule has 0 spiro atoms. The van der Waals surface area contributed by atoms with Gasteiger partial charge in [-0.2, -0.15) is 5.10 Å². The molecular formula is C12H14N4O2. The molecule has 0 atom stereocenters. The second-order valence-corrected chi connectivity index (χ2v) is 4.02. The van der Waals surface area contributed by atoms with Crippen molar-refractivity contribution in [2.45, 2.75) is 13.0 Å². The van der Waals surface area contributed by atoms with Crippen LogP contribution in [-0.2, 0) is 6.54 Å². The van der Waals surface area contributed by atoms with Crippen molar-refractivity contribution in [3.8, 4) is 22.9 Å². The average Bonchev–Trinajstić information content (AvgIpc) is 2.76. The Kier molecular flexibility index (Phi) is 2.85. The van der Waals surface area contributed by atoms with Crippen LogP contribution in [0.3, 0.4) is 0 Å². The number of nitrogens with zero attached hydrogens (tertiary/aromatic N) is 2. The lowest BCUT2D eigenvalue weighted by atomic mass is 10.2. The molecular weight excluding hydrogens is 232 g/mol. The average molecular weight is 246 g/mol. The SMILES string of the molecule is NCc1nc(-c2ccc3c(c2)OCCCO3)n[nH]1. The van der Waals surface area contributed by atoms with Gasteiger partial charge in [-0.15, -0.1) is 0 Å². The topological polar surface area (TPSA) is 86.1 Å². The van der Waals surface area contributed by atoms with Crippen LogP contribution in [0.2, 0.25) is 0 Å². The summed E-state index contributed by atoms with van der Waals surface area (Å²) < 4.78 is 11.2. The highest BCUT2D eigenvalue weighted by Crippen LogP contribution is 2.33. The first-order valence-electron chi connectivity index (χ1n) is 5.88. The molecule has 3 N–H and O–H groups in total. The first kappa shape index (κ1) is 11.0. The number of hydrogen-bond donors (Lipinski definition) is 2. The third-order valence-electron chi connectivity index (χ3n) is 2.73. The Balaban J connectivity index is 1.95. The smallest absolute Gasteiger partial charge is 0.181 e. The van der Waals surface area contributed by atoms with Crippen LogP contribution in [0.5, 0.6) is 11.5 Å². The molecule has 1 aliphatic rings. The Morgan fingerprint density at radius 1 is 1.22 bits per heavy atom. The molecule has 0 fully saturated rings. The molecule has 3 rings (SSSR count). The zero-order valence-electron chi connectivity index (χ0n) is 9.85.